The first-order valence-electron chi connectivity index (χ1n) is 6.82. The van der Waals surface area contributed by atoms with E-state index in [1.165, 1.54) is 6.07 Å². The third-order valence-electron chi connectivity index (χ3n) is 3.38. The highest BCUT2D eigenvalue weighted by Crippen LogP contribution is 2.31. The van der Waals surface area contributed by atoms with Crippen LogP contribution < -0.4 is 10.1 Å². The number of nitrogens with one attached hydrogen (secondary N) is 1. The van der Waals surface area contributed by atoms with Crippen molar-refractivity contribution in [3.05, 3.63) is 59.2 Å². The van der Waals surface area contributed by atoms with Gasteiger partial charge in [0.15, 0.2) is 5.69 Å². The Balaban J connectivity index is 2.10. The van der Waals surface area contributed by atoms with Gasteiger partial charge in [-0.15, -0.1) is 0 Å². The Morgan fingerprint density at radius 3 is 2.61 bits per heavy atom. The molecule has 0 aliphatic carbocycles. The summed E-state index contributed by atoms with van der Waals surface area (Å²) in [6.07, 6.45) is 0. The van der Waals surface area contributed by atoms with Crippen LogP contribution in [0.15, 0.2) is 48.5 Å². The summed E-state index contributed by atoms with van der Waals surface area (Å²) in [6, 6.07) is 14.1. The predicted octanol–water partition coefficient (Wildman–Crippen LogP) is 4.34. The Labute approximate surface area is 137 Å². The molecule has 1 aromatic heterocycles. The highest BCUT2D eigenvalue weighted by Gasteiger charge is 2.13. The number of aromatic nitrogens is 1. The van der Waals surface area contributed by atoms with Crippen LogP contribution in [0.1, 0.15) is 10.5 Å². The molecule has 0 atom stereocenters. The number of nitrogens with zero attached hydrogens (tertiary/aromatic N) is 1. The number of para-hydroxylation sites is 1. The fraction of sp³-hybridized carbons (Fsp3) is 0.0588. The molecular formula is C17H13ClN2O3. The Bertz CT molecular complexity index is 879. The number of anilines is 2. The fourth-order valence-electron chi connectivity index (χ4n) is 2.26. The monoisotopic (exact) mass is 328 g/mol. The molecule has 3 aromatic rings. The molecule has 23 heavy (non-hydrogen) atoms. The van der Waals surface area contributed by atoms with Gasteiger partial charge in [-0.2, -0.15) is 0 Å². The molecular weight excluding hydrogens is 316 g/mol. The first-order chi connectivity index (χ1) is 11.1. The normalized spacial score (nSPS) is 10.5. The molecule has 0 spiro atoms. The number of carboxylic acids is 1. The van der Waals surface area contributed by atoms with Crippen LogP contribution in [0.5, 0.6) is 5.75 Å². The van der Waals surface area contributed by atoms with E-state index in [4.69, 9.17) is 16.3 Å². The highest BCUT2D eigenvalue weighted by molar-refractivity contribution is 6.35. The number of aromatic carboxylic acids is 1. The van der Waals surface area contributed by atoms with Crippen LogP contribution in [0, 0.1) is 0 Å². The second kappa shape index (κ2) is 6.14. The molecule has 116 valence electrons. The van der Waals surface area contributed by atoms with Crippen LogP contribution in [0.4, 0.5) is 11.4 Å². The first kappa shape index (κ1) is 15.1. The molecule has 2 aromatic carbocycles. The molecule has 3 rings (SSSR count). The number of carboxylic acid groups (broad SMARTS) is 1. The molecule has 0 bridgehead atoms. The van der Waals surface area contributed by atoms with Gasteiger partial charge in [0.1, 0.15) is 5.75 Å². The summed E-state index contributed by atoms with van der Waals surface area (Å²) in [7, 11) is 1.60. The number of carbonyl (C=O) groups is 1. The van der Waals surface area contributed by atoms with E-state index in [1.807, 2.05) is 30.3 Å². The summed E-state index contributed by atoms with van der Waals surface area (Å²) in [5.41, 5.74) is 1.81. The quantitative estimate of drug-likeness (QED) is 0.745. The molecule has 0 amide bonds. The SMILES string of the molecule is COc1ccc(Nc2cc(C(=O)O)nc3c(Cl)cccc23)cc1. The Hall–Kier alpha value is -2.79. The maximum Gasteiger partial charge on any atom is 0.354 e. The Morgan fingerprint density at radius 1 is 1.22 bits per heavy atom. The zero-order valence-electron chi connectivity index (χ0n) is 12.2. The van der Waals surface area contributed by atoms with Crippen molar-refractivity contribution in [3.8, 4) is 5.75 Å². The maximum atomic E-state index is 11.3. The number of fused-ring (bicyclic) bond motifs is 1. The van der Waals surface area contributed by atoms with Crippen molar-refractivity contribution in [2.75, 3.05) is 12.4 Å². The van der Waals surface area contributed by atoms with Crippen molar-refractivity contribution in [3.63, 3.8) is 0 Å². The molecule has 5 nitrogen and oxygen atoms in total. The second-order valence-electron chi connectivity index (χ2n) is 4.85. The van der Waals surface area contributed by atoms with E-state index in [9.17, 15) is 9.90 Å². The second-order valence-corrected chi connectivity index (χ2v) is 5.26. The van der Waals surface area contributed by atoms with Gasteiger partial charge in [0, 0.05) is 11.1 Å². The lowest BCUT2D eigenvalue weighted by Crippen LogP contribution is -2.03. The third-order valence-corrected chi connectivity index (χ3v) is 3.68. The van der Waals surface area contributed by atoms with Gasteiger partial charge in [0.25, 0.3) is 0 Å². The van der Waals surface area contributed by atoms with Crippen molar-refractivity contribution in [2.45, 2.75) is 0 Å². The number of benzene rings is 2. The molecule has 0 saturated heterocycles. The highest BCUT2D eigenvalue weighted by atomic mass is 35.5. The number of hydrogen-bond acceptors (Lipinski definition) is 4. The summed E-state index contributed by atoms with van der Waals surface area (Å²) in [5.74, 6) is -0.367. The van der Waals surface area contributed by atoms with Crippen LogP contribution in [0.2, 0.25) is 5.02 Å². The molecule has 0 saturated carbocycles. The molecule has 0 fully saturated rings. The van der Waals surface area contributed by atoms with Gasteiger partial charge < -0.3 is 15.2 Å². The zero-order valence-corrected chi connectivity index (χ0v) is 13.0. The first-order valence-corrected chi connectivity index (χ1v) is 7.20. The number of hydrogen-bond donors (Lipinski definition) is 2. The van der Waals surface area contributed by atoms with E-state index in [2.05, 4.69) is 10.3 Å². The van der Waals surface area contributed by atoms with Gasteiger partial charge in [-0.1, -0.05) is 23.7 Å². The van der Waals surface area contributed by atoms with Crippen molar-refractivity contribution in [1.29, 1.82) is 0 Å². The van der Waals surface area contributed by atoms with E-state index < -0.39 is 5.97 Å². The van der Waals surface area contributed by atoms with E-state index in [-0.39, 0.29) is 5.69 Å². The van der Waals surface area contributed by atoms with Gasteiger partial charge in [0.05, 0.1) is 23.3 Å². The van der Waals surface area contributed by atoms with Crippen LogP contribution in [-0.2, 0) is 0 Å². The summed E-state index contributed by atoms with van der Waals surface area (Å²) in [6.45, 7) is 0. The minimum atomic E-state index is -1.11. The average molecular weight is 329 g/mol. The predicted molar refractivity (Wildman–Crippen MR) is 90.0 cm³/mol. The number of methoxy groups -OCH3 is 1. The van der Waals surface area contributed by atoms with Crippen LogP contribution in [-0.4, -0.2) is 23.2 Å². The van der Waals surface area contributed by atoms with Crippen molar-refractivity contribution in [1.82, 2.24) is 4.98 Å². The Morgan fingerprint density at radius 2 is 1.96 bits per heavy atom. The van der Waals surface area contributed by atoms with Crippen LogP contribution >= 0.6 is 11.6 Å². The molecule has 0 radical (unpaired) electrons. The maximum absolute atomic E-state index is 11.3. The van der Waals surface area contributed by atoms with Crippen LogP contribution in [0.3, 0.4) is 0 Å². The van der Waals surface area contributed by atoms with Gasteiger partial charge in [-0.3, -0.25) is 0 Å². The summed E-state index contributed by atoms with van der Waals surface area (Å²) < 4.78 is 5.12. The standard InChI is InChI=1S/C17H13ClN2O3/c1-23-11-7-5-10(6-8-11)19-14-9-15(17(21)22)20-16-12(14)3-2-4-13(16)18/h2-9H,1H3,(H,19,20)(H,21,22). The summed E-state index contributed by atoms with van der Waals surface area (Å²) in [4.78, 5) is 15.4. The van der Waals surface area contributed by atoms with Crippen LogP contribution in [0.25, 0.3) is 10.9 Å². The third kappa shape index (κ3) is 3.05. The van der Waals surface area contributed by atoms with E-state index >= 15 is 0 Å². The lowest BCUT2D eigenvalue weighted by atomic mass is 10.1. The van der Waals surface area contributed by atoms with Crippen molar-refractivity contribution >= 4 is 39.8 Å². The van der Waals surface area contributed by atoms with E-state index in [1.54, 1.807) is 19.2 Å². The lowest BCUT2D eigenvalue weighted by molar-refractivity contribution is 0.0691. The fourth-order valence-corrected chi connectivity index (χ4v) is 2.47. The van der Waals surface area contributed by atoms with Gasteiger partial charge in [-0.05, 0) is 36.4 Å². The smallest absolute Gasteiger partial charge is 0.354 e. The lowest BCUT2D eigenvalue weighted by Gasteiger charge is -2.12. The molecule has 6 heteroatoms. The number of ether oxygens (including phenoxy) is 1. The molecule has 0 unspecified atom stereocenters. The van der Waals surface area contributed by atoms with Gasteiger partial charge in [-0.25, -0.2) is 9.78 Å². The molecule has 0 aliphatic rings. The largest absolute Gasteiger partial charge is 0.497 e. The van der Waals surface area contributed by atoms with Gasteiger partial charge >= 0.3 is 5.97 Å². The number of halogens is 1. The van der Waals surface area contributed by atoms with Gasteiger partial charge in [0.2, 0.25) is 0 Å². The minimum absolute atomic E-state index is 0.0680. The summed E-state index contributed by atoms with van der Waals surface area (Å²) in [5, 5.41) is 13.6. The average Bonchev–Trinajstić information content (AvgIpc) is 2.56. The van der Waals surface area contributed by atoms with E-state index in [0.717, 1.165) is 16.8 Å². The number of pyridine rings is 1. The zero-order chi connectivity index (χ0) is 16.4. The van der Waals surface area contributed by atoms with E-state index in [0.29, 0.717) is 16.2 Å². The molecule has 0 aliphatic heterocycles. The number of rotatable bonds is 4. The van der Waals surface area contributed by atoms with Crippen molar-refractivity contribution in [2.24, 2.45) is 0 Å². The van der Waals surface area contributed by atoms with Crippen molar-refractivity contribution < 1.29 is 14.6 Å². The molecule has 2 N–H and O–H groups in total. The Kier molecular flexibility index (Phi) is 4.04. The summed E-state index contributed by atoms with van der Waals surface area (Å²) >= 11 is 6.15. The minimum Gasteiger partial charge on any atom is -0.497 e. The molecule has 1 heterocycles. The topological polar surface area (TPSA) is 71.5 Å².